The zero-order valence-electron chi connectivity index (χ0n) is 9.50. The van der Waals surface area contributed by atoms with Gasteiger partial charge in [0.1, 0.15) is 5.75 Å². The smallest absolute Gasteiger partial charge is 0.255 e. The third-order valence-electron chi connectivity index (χ3n) is 2.78. The molecular weight excluding hydrogens is 242 g/mol. The van der Waals surface area contributed by atoms with Gasteiger partial charge < -0.3 is 15.2 Å². The van der Waals surface area contributed by atoms with E-state index in [-0.39, 0.29) is 22.6 Å². The molecule has 1 heterocycles. The summed E-state index contributed by atoms with van der Waals surface area (Å²) in [7, 11) is 0. The fourth-order valence-corrected chi connectivity index (χ4v) is 1.80. The Kier molecular flexibility index (Phi) is 3.26. The maximum atomic E-state index is 11.8. The summed E-state index contributed by atoms with van der Waals surface area (Å²) in [5.74, 6) is -0.405. The third kappa shape index (κ3) is 2.70. The Balaban J connectivity index is 1.99. The average molecular weight is 256 g/mol. The number of halogens is 1. The molecule has 1 aliphatic heterocycles. The van der Waals surface area contributed by atoms with Crippen LogP contribution in [0.25, 0.3) is 0 Å². The quantitative estimate of drug-likeness (QED) is 0.866. The molecule has 1 fully saturated rings. The van der Waals surface area contributed by atoms with Crippen molar-refractivity contribution >= 4 is 17.5 Å². The molecule has 0 radical (unpaired) electrons. The largest absolute Gasteiger partial charge is 0.507 e. The number of phenolic OH excluding ortho intramolecular Hbond substituents is 1. The molecule has 1 amide bonds. The van der Waals surface area contributed by atoms with E-state index in [2.05, 4.69) is 5.32 Å². The maximum Gasteiger partial charge on any atom is 0.255 e. The van der Waals surface area contributed by atoms with Crippen molar-refractivity contribution < 1.29 is 14.6 Å². The Labute approximate surface area is 105 Å². The molecular formula is C12H14ClNO3. The molecule has 4 nitrogen and oxygen atoms in total. The van der Waals surface area contributed by atoms with Crippen LogP contribution in [0, 0.1) is 5.41 Å². The number of nitrogens with one attached hydrogen (secondary N) is 1. The van der Waals surface area contributed by atoms with E-state index in [9.17, 15) is 9.90 Å². The van der Waals surface area contributed by atoms with E-state index >= 15 is 0 Å². The van der Waals surface area contributed by atoms with Crippen LogP contribution >= 0.6 is 11.6 Å². The van der Waals surface area contributed by atoms with Crippen LogP contribution in [0.3, 0.4) is 0 Å². The van der Waals surface area contributed by atoms with Crippen molar-refractivity contribution in [2.75, 3.05) is 19.8 Å². The lowest BCUT2D eigenvalue weighted by molar-refractivity contribution is -0.0978. The fraction of sp³-hybridized carbons (Fsp3) is 0.417. The highest BCUT2D eigenvalue weighted by Crippen LogP contribution is 2.26. The fourth-order valence-electron chi connectivity index (χ4n) is 1.64. The summed E-state index contributed by atoms with van der Waals surface area (Å²) in [6.07, 6.45) is 0. The molecule has 2 N–H and O–H groups in total. The number of rotatable bonds is 3. The molecule has 0 aliphatic carbocycles. The van der Waals surface area contributed by atoms with Gasteiger partial charge in [-0.15, -0.1) is 0 Å². The van der Waals surface area contributed by atoms with Crippen molar-refractivity contribution in [1.29, 1.82) is 0 Å². The predicted octanol–water partition coefficient (Wildman–Crippen LogP) is 1.81. The molecule has 1 saturated heterocycles. The number of ether oxygens (including phenoxy) is 1. The van der Waals surface area contributed by atoms with Gasteiger partial charge >= 0.3 is 0 Å². The number of carbonyl (C=O) groups excluding carboxylic acids is 1. The van der Waals surface area contributed by atoms with Gasteiger partial charge in [0.2, 0.25) is 0 Å². The first kappa shape index (κ1) is 12.2. The summed E-state index contributed by atoms with van der Waals surface area (Å²) in [5, 5.41) is 12.8. The predicted molar refractivity (Wildman–Crippen MR) is 64.4 cm³/mol. The van der Waals surface area contributed by atoms with Crippen LogP contribution < -0.4 is 5.32 Å². The standard InChI is InChI=1S/C12H14ClNO3/c1-12(6-17-7-12)5-14-11(16)9-3-2-8(13)4-10(9)15/h2-4,15H,5-7H2,1H3,(H,14,16). The van der Waals surface area contributed by atoms with E-state index < -0.39 is 0 Å². The summed E-state index contributed by atoms with van der Waals surface area (Å²) in [6.45, 7) is 3.88. The van der Waals surface area contributed by atoms with Crippen molar-refractivity contribution in [2.24, 2.45) is 5.41 Å². The van der Waals surface area contributed by atoms with Gasteiger partial charge in [0.05, 0.1) is 18.8 Å². The van der Waals surface area contributed by atoms with Gasteiger partial charge in [0, 0.05) is 17.0 Å². The molecule has 0 unspecified atom stereocenters. The van der Waals surface area contributed by atoms with Crippen LogP contribution in [0.4, 0.5) is 0 Å². The molecule has 0 aromatic heterocycles. The van der Waals surface area contributed by atoms with Gasteiger partial charge in [0.25, 0.3) is 5.91 Å². The average Bonchev–Trinajstić information content (AvgIpc) is 2.23. The van der Waals surface area contributed by atoms with Crippen LogP contribution in [-0.4, -0.2) is 30.8 Å². The zero-order valence-corrected chi connectivity index (χ0v) is 10.3. The van der Waals surface area contributed by atoms with E-state index in [1.54, 1.807) is 6.07 Å². The van der Waals surface area contributed by atoms with Crippen molar-refractivity contribution in [3.05, 3.63) is 28.8 Å². The maximum absolute atomic E-state index is 11.8. The summed E-state index contributed by atoms with van der Waals surface area (Å²) in [4.78, 5) is 11.8. The molecule has 1 aliphatic rings. The minimum atomic E-state index is -0.299. The molecule has 1 aromatic rings. The molecule has 0 atom stereocenters. The number of amides is 1. The zero-order chi connectivity index (χ0) is 12.5. The first-order chi connectivity index (χ1) is 8.00. The number of phenols is 1. The second-order valence-electron chi connectivity index (χ2n) is 4.65. The first-order valence-corrected chi connectivity index (χ1v) is 5.72. The molecule has 1 aromatic carbocycles. The summed E-state index contributed by atoms with van der Waals surface area (Å²) in [6, 6.07) is 4.43. The first-order valence-electron chi connectivity index (χ1n) is 5.35. The number of hydrogen-bond donors (Lipinski definition) is 2. The molecule has 17 heavy (non-hydrogen) atoms. The Morgan fingerprint density at radius 2 is 2.29 bits per heavy atom. The highest BCUT2D eigenvalue weighted by atomic mass is 35.5. The Morgan fingerprint density at radius 3 is 2.82 bits per heavy atom. The molecule has 0 spiro atoms. The molecule has 92 valence electrons. The van der Waals surface area contributed by atoms with Gasteiger partial charge in [0.15, 0.2) is 0 Å². The minimum Gasteiger partial charge on any atom is -0.507 e. The van der Waals surface area contributed by atoms with E-state index in [0.29, 0.717) is 24.8 Å². The van der Waals surface area contributed by atoms with E-state index in [0.717, 1.165) is 0 Å². The summed E-state index contributed by atoms with van der Waals surface area (Å²) < 4.78 is 5.10. The lowest BCUT2D eigenvalue weighted by atomic mass is 9.88. The Bertz CT molecular complexity index is 443. The van der Waals surface area contributed by atoms with Crippen LogP contribution in [0.1, 0.15) is 17.3 Å². The number of benzene rings is 1. The van der Waals surface area contributed by atoms with E-state index in [4.69, 9.17) is 16.3 Å². The lowest BCUT2D eigenvalue weighted by Crippen LogP contribution is -2.48. The normalized spacial score (nSPS) is 17.3. The van der Waals surface area contributed by atoms with Gasteiger partial charge in [-0.3, -0.25) is 4.79 Å². The Morgan fingerprint density at radius 1 is 1.59 bits per heavy atom. The van der Waals surface area contributed by atoms with Crippen LogP contribution in [-0.2, 0) is 4.74 Å². The molecule has 0 bridgehead atoms. The van der Waals surface area contributed by atoms with Gasteiger partial charge in [-0.25, -0.2) is 0 Å². The third-order valence-corrected chi connectivity index (χ3v) is 3.02. The van der Waals surface area contributed by atoms with Crippen LogP contribution in [0.15, 0.2) is 18.2 Å². The second-order valence-corrected chi connectivity index (χ2v) is 5.08. The minimum absolute atomic E-state index is 0.0116. The monoisotopic (exact) mass is 255 g/mol. The molecule has 2 rings (SSSR count). The van der Waals surface area contributed by atoms with E-state index in [1.807, 2.05) is 6.92 Å². The highest BCUT2D eigenvalue weighted by Gasteiger charge is 2.33. The van der Waals surface area contributed by atoms with Gasteiger partial charge in [-0.1, -0.05) is 18.5 Å². The second kappa shape index (κ2) is 4.55. The summed E-state index contributed by atoms with van der Waals surface area (Å²) >= 11 is 5.69. The van der Waals surface area contributed by atoms with Crippen molar-refractivity contribution in [1.82, 2.24) is 5.32 Å². The van der Waals surface area contributed by atoms with Crippen LogP contribution in [0.2, 0.25) is 5.02 Å². The lowest BCUT2D eigenvalue weighted by Gasteiger charge is -2.38. The highest BCUT2D eigenvalue weighted by molar-refractivity contribution is 6.30. The number of aromatic hydroxyl groups is 1. The summed E-state index contributed by atoms with van der Waals surface area (Å²) in [5.41, 5.74) is 0.246. The SMILES string of the molecule is CC1(CNC(=O)c2ccc(Cl)cc2O)COC1. The molecule has 0 saturated carbocycles. The Hall–Kier alpha value is -1.26. The number of hydrogen-bond acceptors (Lipinski definition) is 3. The van der Waals surface area contributed by atoms with E-state index in [1.165, 1.54) is 12.1 Å². The topological polar surface area (TPSA) is 58.6 Å². The van der Waals surface area contributed by atoms with Crippen LogP contribution in [0.5, 0.6) is 5.75 Å². The van der Waals surface area contributed by atoms with Gasteiger partial charge in [-0.2, -0.15) is 0 Å². The van der Waals surface area contributed by atoms with Gasteiger partial charge in [-0.05, 0) is 18.2 Å². The van der Waals surface area contributed by atoms with Crippen molar-refractivity contribution in [2.45, 2.75) is 6.92 Å². The van der Waals surface area contributed by atoms with Crippen molar-refractivity contribution in [3.63, 3.8) is 0 Å². The number of carbonyl (C=O) groups is 1. The van der Waals surface area contributed by atoms with Crippen molar-refractivity contribution in [3.8, 4) is 5.75 Å². The molecule has 5 heteroatoms.